The molecule has 0 N–H and O–H groups in total. The van der Waals surface area contributed by atoms with Gasteiger partial charge in [-0.15, -0.1) is 0 Å². The van der Waals surface area contributed by atoms with Gasteiger partial charge in [-0.3, -0.25) is 0 Å². The van der Waals surface area contributed by atoms with Crippen molar-refractivity contribution >= 4 is 29.1 Å². The lowest BCUT2D eigenvalue weighted by atomic mass is 9.88. The summed E-state index contributed by atoms with van der Waals surface area (Å²) in [5, 5.41) is 2.04. The Hall–Kier alpha value is -4.77. The Kier molecular flexibility index (Phi) is 4.00. The molecule has 6 aromatic rings. The molecule has 4 nitrogen and oxygen atoms in total. The molecule has 2 aliphatic heterocycles. The fourth-order valence-corrected chi connectivity index (χ4v) is 5.35. The first-order chi connectivity index (χ1) is 17.8. The highest BCUT2D eigenvalue weighted by Crippen LogP contribution is 2.54. The Balaban J connectivity index is 1.52. The van der Waals surface area contributed by atoms with Crippen LogP contribution >= 0.6 is 0 Å². The van der Waals surface area contributed by atoms with E-state index in [0.717, 1.165) is 55.2 Å². The van der Waals surface area contributed by atoms with E-state index in [1.807, 2.05) is 24.3 Å². The number of aromatic nitrogens is 1. The summed E-state index contributed by atoms with van der Waals surface area (Å²) in [6.07, 6.45) is 0. The molecule has 0 fully saturated rings. The molecule has 0 spiro atoms. The zero-order chi connectivity index (χ0) is 23.6. The van der Waals surface area contributed by atoms with Gasteiger partial charge in [0.25, 0.3) is 0 Å². The Morgan fingerprint density at radius 1 is 0.500 bits per heavy atom. The second-order valence-electron chi connectivity index (χ2n) is 9.08. The Labute approximate surface area is 207 Å². The quantitative estimate of drug-likeness (QED) is 0.201. The van der Waals surface area contributed by atoms with E-state index >= 15 is 0 Å². The van der Waals surface area contributed by atoms with Crippen molar-refractivity contribution in [3.05, 3.63) is 109 Å². The molecule has 0 amide bonds. The summed E-state index contributed by atoms with van der Waals surface area (Å²) in [6, 6.07) is 37.6. The SMILES string of the molecule is c1ccc(-c2cccc(-c3c4c5c6nc7c(cccc7cc6c3-c3ccccc3)OB(O4)O5)c2)cc1. The van der Waals surface area contributed by atoms with Gasteiger partial charge >= 0.3 is 7.32 Å². The average Bonchev–Trinajstić information content (AvgIpc) is 3.36. The monoisotopic (exact) mass is 463 g/mol. The predicted octanol–water partition coefficient (Wildman–Crippen LogP) is 7.54. The van der Waals surface area contributed by atoms with Crippen LogP contribution in [0.25, 0.3) is 55.2 Å². The van der Waals surface area contributed by atoms with E-state index in [1.165, 1.54) is 0 Å². The Morgan fingerprint density at radius 2 is 1.19 bits per heavy atom. The van der Waals surface area contributed by atoms with Crippen LogP contribution in [0.5, 0.6) is 17.2 Å². The summed E-state index contributed by atoms with van der Waals surface area (Å²) < 4.78 is 18.7. The van der Waals surface area contributed by atoms with Crippen molar-refractivity contribution in [2.75, 3.05) is 0 Å². The van der Waals surface area contributed by atoms with Crippen LogP contribution < -0.4 is 14.0 Å². The van der Waals surface area contributed by atoms with Gasteiger partial charge in [0.2, 0.25) is 0 Å². The number of para-hydroxylation sites is 1. The van der Waals surface area contributed by atoms with Crippen LogP contribution in [0.2, 0.25) is 0 Å². The molecule has 1 aromatic heterocycles. The van der Waals surface area contributed by atoms with E-state index in [2.05, 4.69) is 84.9 Å². The van der Waals surface area contributed by atoms with E-state index < -0.39 is 7.32 Å². The molecule has 8 rings (SSSR count). The molecule has 2 aliphatic rings. The lowest BCUT2D eigenvalue weighted by molar-refractivity contribution is 0.353. The molecular formula is C31H18BNO3. The van der Waals surface area contributed by atoms with E-state index in [-0.39, 0.29) is 0 Å². The summed E-state index contributed by atoms with van der Waals surface area (Å²) >= 11 is 0. The summed E-state index contributed by atoms with van der Waals surface area (Å²) in [5.74, 6) is 1.95. The van der Waals surface area contributed by atoms with E-state index in [9.17, 15) is 0 Å². The molecule has 5 heteroatoms. The molecule has 0 saturated carbocycles. The minimum atomic E-state index is -0.865. The number of hydrogen-bond donors (Lipinski definition) is 0. The molecule has 5 aromatic carbocycles. The normalized spacial score (nSPS) is 13.1. The molecule has 0 aliphatic carbocycles. The zero-order valence-corrected chi connectivity index (χ0v) is 19.1. The number of nitrogens with zero attached hydrogens (tertiary/aromatic N) is 1. The summed E-state index contributed by atoms with van der Waals surface area (Å²) in [4.78, 5) is 5.04. The van der Waals surface area contributed by atoms with Crippen LogP contribution in [-0.4, -0.2) is 12.3 Å². The van der Waals surface area contributed by atoms with Gasteiger partial charge < -0.3 is 14.0 Å². The Morgan fingerprint density at radius 3 is 2.03 bits per heavy atom. The van der Waals surface area contributed by atoms with Crippen LogP contribution in [0, 0.1) is 0 Å². The van der Waals surface area contributed by atoms with Gasteiger partial charge in [-0.05, 0) is 40.5 Å². The van der Waals surface area contributed by atoms with Gasteiger partial charge in [-0.2, -0.15) is 0 Å². The molecule has 0 atom stereocenters. The lowest BCUT2D eigenvalue weighted by Crippen LogP contribution is -2.32. The highest BCUT2D eigenvalue weighted by atomic mass is 16.8. The molecule has 168 valence electrons. The first-order valence-corrected chi connectivity index (χ1v) is 12.0. The van der Waals surface area contributed by atoms with Crippen molar-refractivity contribution in [3.63, 3.8) is 0 Å². The van der Waals surface area contributed by atoms with Gasteiger partial charge in [0.1, 0.15) is 16.8 Å². The second-order valence-corrected chi connectivity index (χ2v) is 9.08. The third-order valence-electron chi connectivity index (χ3n) is 6.95. The van der Waals surface area contributed by atoms with Gasteiger partial charge in [-0.25, -0.2) is 4.98 Å². The van der Waals surface area contributed by atoms with Crippen molar-refractivity contribution in [2.24, 2.45) is 0 Å². The number of pyridine rings is 1. The number of hydrogen-bond acceptors (Lipinski definition) is 4. The van der Waals surface area contributed by atoms with Crippen molar-refractivity contribution in [3.8, 4) is 50.6 Å². The first kappa shape index (κ1) is 19.5. The molecule has 4 bridgehead atoms. The van der Waals surface area contributed by atoms with Crippen LogP contribution in [-0.2, 0) is 0 Å². The molecule has 3 heterocycles. The van der Waals surface area contributed by atoms with Crippen LogP contribution in [0.1, 0.15) is 0 Å². The van der Waals surface area contributed by atoms with Gasteiger partial charge in [0, 0.05) is 21.9 Å². The predicted molar refractivity (Wildman–Crippen MR) is 143 cm³/mol. The number of fused-ring (bicyclic) bond motifs is 1. The first-order valence-electron chi connectivity index (χ1n) is 12.0. The topological polar surface area (TPSA) is 40.6 Å². The van der Waals surface area contributed by atoms with E-state index in [4.69, 9.17) is 18.9 Å². The fourth-order valence-electron chi connectivity index (χ4n) is 5.35. The summed E-state index contributed by atoms with van der Waals surface area (Å²) in [7, 11) is -0.865. The minimum absolute atomic E-state index is 0.631. The van der Waals surface area contributed by atoms with Crippen LogP contribution in [0.4, 0.5) is 0 Å². The van der Waals surface area contributed by atoms with Crippen molar-refractivity contribution in [1.29, 1.82) is 0 Å². The van der Waals surface area contributed by atoms with E-state index in [1.54, 1.807) is 0 Å². The maximum atomic E-state index is 6.38. The highest BCUT2D eigenvalue weighted by Gasteiger charge is 2.44. The number of benzene rings is 5. The third kappa shape index (κ3) is 2.80. The van der Waals surface area contributed by atoms with Gasteiger partial charge in [0.15, 0.2) is 11.5 Å². The van der Waals surface area contributed by atoms with Gasteiger partial charge in [0.05, 0.1) is 0 Å². The maximum Gasteiger partial charge on any atom is 0.864 e. The Bertz CT molecular complexity index is 1820. The fraction of sp³-hybridized carbons (Fsp3) is 0. The molecular weight excluding hydrogens is 445 g/mol. The zero-order valence-electron chi connectivity index (χ0n) is 19.1. The summed E-state index contributed by atoms with van der Waals surface area (Å²) in [6.45, 7) is 0. The smallest absolute Gasteiger partial charge is 0.488 e. The van der Waals surface area contributed by atoms with Crippen LogP contribution in [0.3, 0.4) is 0 Å². The minimum Gasteiger partial charge on any atom is -0.488 e. The largest absolute Gasteiger partial charge is 0.864 e. The summed E-state index contributed by atoms with van der Waals surface area (Å²) in [5.41, 5.74) is 8.08. The van der Waals surface area contributed by atoms with Crippen molar-refractivity contribution in [2.45, 2.75) is 0 Å². The van der Waals surface area contributed by atoms with Crippen molar-refractivity contribution in [1.82, 2.24) is 4.98 Å². The molecule has 0 saturated heterocycles. The second kappa shape index (κ2) is 7.36. The standard InChI is InChI=1S/C31H18BNO3/c1-3-9-19(10-4-1)21-13-7-14-22(17-21)27-26(20-11-5-2-6-12-20)24-18-23-15-8-16-25-28(23)33-29(24)31-30(27)35-32(34-25)36-31/h1-18H. The lowest BCUT2D eigenvalue weighted by Gasteiger charge is -2.19. The average molecular weight is 463 g/mol. The molecule has 0 unspecified atom stereocenters. The van der Waals surface area contributed by atoms with Gasteiger partial charge in [-0.1, -0.05) is 91.0 Å². The number of rotatable bonds is 3. The highest BCUT2D eigenvalue weighted by molar-refractivity contribution is 6.43. The molecule has 0 radical (unpaired) electrons. The van der Waals surface area contributed by atoms with Crippen molar-refractivity contribution < 1.29 is 14.0 Å². The van der Waals surface area contributed by atoms with E-state index in [0.29, 0.717) is 17.2 Å². The maximum absolute atomic E-state index is 6.38. The third-order valence-corrected chi connectivity index (χ3v) is 6.95. The van der Waals surface area contributed by atoms with Crippen LogP contribution in [0.15, 0.2) is 109 Å². The molecule has 36 heavy (non-hydrogen) atoms.